The van der Waals surface area contributed by atoms with Gasteiger partial charge >= 0.3 is 6.09 Å². The predicted molar refractivity (Wildman–Crippen MR) is 109 cm³/mol. The number of aryl methyl sites for hydroxylation is 1. The molecule has 1 saturated heterocycles. The summed E-state index contributed by atoms with van der Waals surface area (Å²) in [5, 5.41) is 9.43. The number of nitrogens with zero attached hydrogens (tertiary/aromatic N) is 4. The quantitative estimate of drug-likeness (QED) is 0.776. The van der Waals surface area contributed by atoms with E-state index in [0.717, 1.165) is 12.1 Å². The van der Waals surface area contributed by atoms with E-state index in [4.69, 9.17) is 4.74 Å². The third-order valence-electron chi connectivity index (χ3n) is 4.70. The molecule has 29 heavy (non-hydrogen) atoms. The van der Waals surface area contributed by atoms with Gasteiger partial charge in [-0.2, -0.15) is 10.2 Å². The largest absolute Gasteiger partial charge is 0.450 e. The van der Waals surface area contributed by atoms with Crippen LogP contribution in [0.3, 0.4) is 0 Å². The van der Waals surface area contributed by atoms with Crippen LogP contribution in [0.25, 0.3) is 10.8 Å². The van der Waals surface area contributed by atoms with Gasteiger partial charge in [0.05, 0.1) is 12.0 Å². The molecule has 0 atom stereocenters. The molecule has 1 aliphatic heterocycles. The van der Waals surface area contributed by atoms with E-state index in [9.17, 15) is 14.4 Å². The fraction of sp³-hybridized carbons (Fsp3) is 0.450. The van der Waals surface area contributed by atoms with Gasteiger partial charge in [-0.05, 0) is 19.4 Å². The number of hydrazone groups is 1. The van der Waals surface area contributed by atoms with Gasteiger partial charge in [0.1, 0.15) is 0 Å². The zero-order valence-corrected chi connectivity index (χ0v) is 16.7. The Labute approximate surface area is 168 Å². The van der Waals surface area contributed by atoms with E-state index in [1.165, 1.54) is 4.68 Å². The van der Waals surface area contributed by atoms with Gasteiger partial charge in [-0.15, -0.1) is 0 Å². The maximum absolute atomic E-state index is 12.7. The summed E-state index contributed by atoms with van der Waals surface area (Å²) < 4.78 is 6.32. The average molecular weight is 399 g/mol. The van der Waals surface area contributed by atoms with Crippen LogP contribution >= 0.6 is 0 Å². The number of nitrogens with one attached hydrogen (secondary N) is 1. The van der Waals surface area contributed by atoms with Crippen LogP contribution in [-0.4, -0.2) is 52.1 Å². The topological polar surface area (TPSA) is 106 Å². The van der Waals surface area contributed by atoms with Crippen LogP contribution < -0.4 is 11.0 Å². The highest BCUT2D eigenvalue weighted by molar-refractivity contribution is 6.05. The molecule has 2 heterocycles. The summed E-state index contributed by atoms with van der Waals surface area (Å²) in [6, 6.07) is 6.93. The lowest BCUT2D eigenvalue weighted by atomic mass is 10.1. The van der Waals surface area contributed by atoms with Gasteiger partial charge in [0.15, 0.2) is 5.69 Å². The van der Waals surface area contributed by atoms with E-state index in [1.54, 1.807) is 36.1 Å². The van der Waals surface area contributed by atoms with Crippen LogP contribution in [0.5, 0.6) is 0 Å². The maximum Gasteiger partial charge on any atom is 0.409 e. The Balaban J connectivity index is 1.75. The van der Waals surface area contributed by atoms with Crippen molar-refractivity contribution >= 4 is 28.5 Å². The van der Waals surface area contributed by atoms with Crippen molar-refractivity contribution in [2.75, 3.05) is 19.7 Å². The summed E-state index contributed by atoms with van der Waals surface area (Å²) in [4.78, 5) is 38.7. The minimum absolute atomic E-state index is 0.168. The standard InChI is InChI=1S/C20H25N5O4/c1-3-11-25-19(27)16-8-6-5-7-15(16)17(23-25)18(26)22-21-14-9-12-24(13-10-14)20(28)29-4-2/h5-8H,3-4,9-13H2,1-2H3,(H,22,26). The SMILES string of the molecule is CCCn1nc(C(=O)NN=C2CCN(C(=O)OCC)CC2)c2ccccc2c1=O. The highest BCUT2D eigenvalue weighted by Gasteiger charge is 2.21. The molecule has 0 radical (unpaired) electrons. The van der Waals surface area contributed by atoms with Crippen molar-refractivity contribution in [3.8, 4) is 0 Å². The van der Waals surface area contributed by atoms with Gasteiger partial charge in [0.2, 0.25) is 0 Å². The Bertz CT molecular complexity index is 988. The number of carbonyl (C=O) groups excluding carboxylic acids is 2. The zero-order valence-electron chi connectivity index (χ0n) is 16.7. The van der Waals surface area contributed by atoms with Crippen molar-refractivity contribution in [3.05, 3.63) is 40.3 Å². The van der Waals surface area contributed by atoms with E-state index in [-0.39, 0.29) is 17.3 Å². The van der Waals surface area contributed by atoms with Crippen LogP contribution in [0, 0.1) is 0 Å². The second kappa shape index (κ2) is 9.31. The molecular weight excluding hydrogens is 374 g/mol. The van der Waals surface area contributed by atoms with E-state index in [0.29, 0.717) is 49.9 Å². The van der Waals surface area contributed by atoms with Crippen LogP contribution in [-0.2, 0) is 11.3 Å². The number of carbonyl (C=O) groups is 2. The summed E-state index contributed by atoms with van der Waals surface area (Å²) >= 11 is 0. The van der Waals surface area contributed by atoms with Gasteiger partial charge in [0, 0.05) is 43.6 Å². The second-order valence-electron chi connectivity index (χ2n) is 6.73. The highest BCUT2D eigenvalue weighted by Crippen LogP contribution is 2.14. The van der Waals surface area contributed by atoms with Crippen molar-refractivity contribution in [1.29, 1.82) is 0 Å². The molecule has 1 aromatic heterocycles. The van der Waals surface area contributed by atoms with Crippen molar-refractivity contribution in [1.82, 2.24) is 20.1 Å². The molecule has 1 fully saturated rings. The third kappa shape index (κ3) is 4.61. The molecule has 0 bridgehead atoms. The van der Waals surface area contributed by atoms with Crippen LogP contribution in [0.4, 0.5) is 4.79 Å². The third-order valence-corrected chi connectivity index (χ3v) is 4.70. The average Bonchev–Trinajstić information content (AvgIpc) is 2.74. The van der Waals surface area contributed by atoms with E-state index >= 15 is 0 Å². The number of hydrogen-bond donors (Lipinski definition) is 1. The number of rotatable bonds is 5. The molecule has 0 saturated carbocycles. The summed E-state index contributed by atoms with van der Waals surface area (Å²) in [6.07, 6.45) is 1.51. The van der Waals surface area contributed by atoms with Crippen LogP contribution in [0.15, 0.2) is 34.2 Å². The molecular formula is C20H25N5O4. The number of amides is 2. The first kappa shape index (κ1) is 20.5. The molecule has 0 aliphatic carbocycles. The summed E-state index contributed by atoms with van der Waals surface area (Å²) in [7, 11) is 0. The van der Waals surface area contributed by atoms with E-state index in [1.807, 2.05) is 6.92 Å². The normalized spacial score (nSPS) is 14.0. The number of fused-ring (bicyclic) bond motifs is 1. The van der Waals surface area contributed by atoms with Gasteiger partial charge in [-0.3, -0.25) is 9.59 Å². The number of aromatic nitrogens is 2. The molecule has 3 rings (SSSR count). The van der Waals surface area contributed by atoms with Gasteiger partial charge in [-0.25, -0.2) is 14.9 Å². The first-order chi connectivity index (χ1) is 14.0. The Morgan fingerprint density at radius 1 is 1.17 bits per heavy atom. The monoisotopic (exact) mass is 399 g/mol. The number of likely N-dealkylation sites (tertiary alicyclic amines) is 1. The molecule has 9 heteroatoms. The second-order valence-corrected chi connectivity index (χ2v) is 6.73. The van der Waals surface area contributed by atoms with Gasteiger partial charge in [0.25, 0.3) is 11.5 Å². The van der Waals surface area contributed by atoms with Crippen molar-refractivity contribution in [3.63, 3.8) is 0 Å². The van der Waals surface area contributed by atoms with Crippen LogP contribution in [0.2, 0.25) is 0 Å². The molecule has 2 aromatic rings. The zero-order chi connectivity index (χ0) is 20.8. The molecule has 154 valence electrons. The lowest BCUT2D eigenvalue weighted by molar-refractivity contribution is 0.0946. The Morgan fingerprint density at radius 3 is 2.52 bits per heavy atom. The predicted octanol–water partition coefficient (Wildman–Crippen LogP) is 2.14. The molecule has 1 N–H and O–H groups in total. The smallest absolute Gasteiger partial charge is 0.409 e. The molecule has 2 amide bonds. The summed E-state index contributed by atoms with van der Waals surface area (Å²) in [5.41, 5.74) is 3.31. The minimum atomic E-state index is -0.466. The molecule has 0 spiro atoms. The molecule has 0 unspecified atom stereocenters. The minimum Gasteiger partial charge on any atom is -0.450 e. The van der Waals surface area contributed by atoms with Crippen molar-refractivity contribution in [2.24, 2.45) is 5.10 Å². The van der Waals surface area contributed by atoms with Gasteiger partial charge < -0.3 is 9.64 Å². The fourth-order valence-corrected chi connectivity index (χ4v) is 3.22. The maximum atomic E-state index is 12.7. The first-order valence-electron chi connectivity index (χ1n) is 9.82. The number of benzene rings is 1. The fourth-order valence-electron chi connectivity index (χ4n) is 3.22. The lowest BCUT2D eigenvalue weighted by Gasteiger charge is -2.26. The Hall–Kier alpha value is -3.23. The van der Waals surface area contributed by atoms with Crippen LogP contribution in [0.1, 0.15) is 43.6 Å². The van der Waals surface area contributed by atoms with E-state index in [2.05, 4.69) is 15.6 Å². The first-order valence-corrected chi connectivity index (χ1v) is 9.82. The number of hydrogen-bond acceptors (Lipinski definition) is 6. The highest BCUT2D eigenvalue weighted by atomic mass is 16.6. The van der Waals surface area contributed by atoms with Gasteiger partial charge in [-0.1, -0.05) is 25.1 Å². The Kier molecular flexibility index (Phi) is 6.58. The number of piperidine rings is 1. The molecule has 1 aliphatic rings. The van der Waals surface area contributed by atoms with E-state index < -0.39 is 5.91 Å². The summed E-state index contributed by atoms with van der Waals surface area (Å²) in [6.45, 7) is 5.48. The molecule has 9 nitrogen and oxygen atoms in total. The number of ether oxygens (including phenoxy) is 1. The Morgan fingerprint density at radius 2 is 1.86 bits per heavy atom. The van der Waals surface area contributed by atoms with Crippen molar-refractivity contribution in [2.45, 2.75) is 39.7 Å². The molecule has 1 aromatic carbocycles. The summed E-state index contributed by atoms with van der Waals surface area (Å²) in [5.74, 6) is -0.466. The lowest BCUT2D eigenvalue weighted by Crippen LogP contribution is -2.39. The van der Waals surface area contributed by atoms with Crippen molar-refractivity contribution < 1.29 is 14.3 Å².